The molecule has 6 nitrogen and oxygen atoms in total. The van der Waals surface area contributed by atoms with Gasteiger partial charge in [0.1, 0.15) is 5.75 Å². The van der Waals surface area contributed by atoms with Crippen LogP contribution in [0.15, 0.2) is 70.6 Å². The highest BCUT2D eigenvalue weighted by molar-refractivity contribution is 7.99. The minimum Gasteiger partial charge on any atom is -0.495 e. The quantitative estimate of drug-likeness (QED) is 0.516. The molecule has 0 aliphatic heterocycles. The number of benzene rings is 2. The first-order valence-electron chi connectivity index (χ1n) is 7.88. The van der Waals surface area contributed by atoms with Crippen LogP contribution in [-0.2, 0) is 4.79 Å². The number of carbonyl (C=O) groups excluding carboxylic acids is 1. The average Bonchev–Trinajstić information content (AvgIpc) is 2.67. The fraction of sp³-hybridized carbons (Fsp3) is 0.105. The third-order valence-corrected chi connectivity index (χ3v) is 4.38. The van der Waals surface area contributed by atoms with Crippen LogP contribution in [0, 0.1) is 0 Å². The summed E-state index contributed by atoms with van der Waals surface area (Å²) in [5, 5.41) is 3.18. The van der Waals surface area contributed by atoms with Gasteiger partial charge in [0.15, 0.2) is 5.16 Å². The van der Waals surface area contributed by atoms with Crippen molar-refractivity contribution in [2.24, 2.45) is 0 Å². The van der Waals surface area contributed by atoms with Crippen molar-refractivity contribution >= 4 is 23.4 Å². The van der Waals surface area contributed by atoms with E-state index in [1.165, 1.54) is 6.07 Å². The van der Waals surface area contributed by atoms with E-state index in [1.54, 1.807) is 19.2 Å². The number of carbonyl (C=O) groups is 1. The van der Waals surface area contributed by atoms with Crippen molar-refractivity contribution in [3.05, 3.63) is 71.0 Å². The first kappa shape index (κ1) is 17.8. The fourth-order valence-corrected chi connectivity index (χ4v) is 3.00. The van der Waals surface area contributed by atoms with E-state index < -0.39 is 0 Å². The molecule has 3 aromatic rings. The maximum atomic E-state index is 12.2. The van der Waals surface area contributed by atoms with Crippen LogP contribution >= 0.6 is 11.8 Å². The summed E-state index contributed by atoms with van der Waals surface area (Å²) >= 11 is 1.16. The predicted octanol–water partition coefficient (Wildman–Crippen LogP) is 3.18. The van der Waals surface area contributed by atoms with Crippen LogP contribution in [0.2, 0.25) is 0 Å². The van der Waals surface area contributed by atoms with E-state index in [0.29, 0.717) is 22.3 Å². The third-order valence-electron chi connectivity index (χ3n) is 3.51. The van der Waals surface area contributed by atoms with E-state index in [0.717, 1.165) is 17.3 Å². The van der Waals surface area contributed by atoms with Gasteiger partial charge in [0, 0.05) is 11.6 Å². The molecule has 0 unspecified atom stereocenters. The molecule has 0 atom stereocenters. The number of H-pyrrole nitrogens is 1. The number of methoxy groups -OCH3 is 1. The van der Waals surface area contributed by atoms with Crippen molar-refractivity contribution in [2.75, 3.05) is 18.2 Å². The molecule has 0 spiro atoms. The molecule has 1 aromatic heterocycles. The number of aromatic amines is 1. The Balaban J connectivity index is 1.69. The summed E-state index contributed by atoms with van der Waals surface area (Å²) in [7, 11) is 1.55. The van der Waals surface area contributed by atoms with Crippen LogP contribution in [0.4, 0.5) is 5.69 Å². The molecule has 0 aliphatic rings. The second-order valence-electron chi connectivity index (χ2n) is 5.34. The SMILES string of the molecule is COc1ccccc1NC(=O)CSc1nc(-c2ccccc2)cc(=O)[nH]1. The Bertz CT molecular complexity index is 957. The van der Waals surface area contributed by atoms with Crippen LogP contribution in [0.1, 0.15) is 0 Å². The van der Waals surface area contributed by atoms with E-state index in [4.69, 9.17) is 4.74 Å². The molecule has 2 aromatic carbocycles. The van der Waals surface area contributed by atoms with Gasteiger partial charge >= 0.3 is 0 Å². The highest BCUT2D eigenvalue weighted by Gasteiger charge is 2.10. The topological polar surface area (TPSA) is 84.1 Å². The molecule has 2 N–H and O–H groups in total. The zero-order valence-electron chi connectivity index (χ0n) is 14.1. The highest BCUT2D eigenvalue weighted by atomic mass is 32.2. The lowest BCUT2D eigenvalue weighted by Gasteiger charge is -2.09. The number of ether oxygens (including phenoxy) is 1. The van der Waals surface area contributed by atoms with Gasteiger partial charge in [-0.2, -0.15) is 0 Å². The Morgan fingerprint density at radius 2 is 1.88 bits per heavy atom. The van der Waals surface area contributed by atoms with Crippen LogP contribution < -0.4 is 15.6 Å². The normalized spacial score (nSPS) is 10.3. The van der Waals surface area contributed by atoms with Crippen molar-refractivity contribution in [3.8, 4) is 17.0 Å². The number of amides is 1. The monoisotopic (exact) mass is 367 g/mol. The molecule has 7 heteroatoms. The molecule has 0 aliphatic carbocycles. The Labute approximate surface area is 154 Å². The molecule has 1 heterocycles. The maximum Gasteiger partial charge on any atom is 0.252 e. The van der Waals surface area contributed by atoms with Gasteiger partial charge in [0.25, 0.3) is 5.56 Å². The van der Waals surface area contributed by atoms with Gasteiger partial charge in [-0.15, -0.1) is 0 Å². The molecule has 0 radical (unpaired) electrons. The third kappa shape index (κ3) is 4.52. The van der Waals surface area contributed by atoms with Gasteiger partial charge < -0.3 is 15.0 Å². The number of nitrogens with one attached hydrogen (secondary N) is 2. The van der Waals surface area contributed by atoms with Gasteiger partial charge in [-0.05, 0) is 12.1 Å². The Kier molecular flexibility index (Phi) is 5.70. The first-order chi connectivity index (χ1) is 12.7. The van der Waals surface area contributed by atoms with Gasteiger partial charge in [0.05, 0.1) is 24.2 Å². The number of hydrogen-bond acceptors (Lipinski definition) is 5. The zero-order chi connectivity index (χ0) is 18.4. The summed E-state index contributed by atoms with van der Waals surface area (Å²) in [6.07, 6.45) is 0. The van der Waals surface area contributed by atoms with Crippen LogP contribution in [0.25, 0.3) is 11.3 Å². The van der Waals surface area contributed by atoms with Gasteiger partial charge in [0.2, 0.25) is 5.91 Å². The number of hydrogen-bond donors (Lipinski definition) is 2. The molecule has 132 valence electrons. The van der Waals surface area contributed by atoms with Crippen molar-refractivity contribution in [1.82, 2.24) is 9.97 Å². The second-order valence-corrected chi connectivity index (χ2v) is 6.30. The lowest BCUT2D eigenvalue weighted by molar-refractivity contribution is -0.113. The van der Waals surface area contributed by atoms with Gasteiger partial charge in [-0.3, -0.25) is 9.59 Å². The number of thioether (sulfide) groups is 1. The molecule has 3 rings (SSSR count). The fourth-order valence-electron chi connectivity index (χ4n) is 2.33. The first-order valence-corrected chi connectivity index (χ1v) is 8.87. The van der Waals surface area contributed by atoms with Crippen molar-refractivity contribution < 1.29 is 9.53 Å². The van der Waals surface area contributed by atoms with E-state index in [-0.39, 0.29) is 17.2 Å². The smallest absolute Gasteiger partial charge is 0.252 e. The zero-order valence-corrected chi connectivity index (χ0v) is 14.9. The summed E-state index contributed by atoms with van der Waals surface area (Å²) in [6.45, 7) is 0. The number of anilines is 1. The van der Waals surface area contributed by atoms with E-state index in [2.05, 4.69) is 15.3 Å². The average molecular weight is 367 g/mol. The molecular formula is C19H17N3O3S. The van der Waals surface area contributed by atoms with E-state index in [1.807, 2.05) is 42.5 Å². The molecule has 0 bridgehead atoms. The van der Waals surface area contributed by atoms with Crippen LogP contribution in [-0.4, -0.2) is 28.7 Å². The Morgan fingerprint density at radius 1 is 1.15 bits per heavy atom. The van der Waals surface area contributed by atoms with Crippen molar-refractivity contribution in [2.45, 2.75) is 5.16 Å². The van der Waals surface area contributed by atoms with E-state index >= 15 is 0 Å². The van der Waals surface area contributed by atoms with Gasteiger partial charge in [-0.1, -0.05) is 54.2 Å². The largest absolute Gasteiger partial charge is 0.495 e. The standard InChI is InChI=1S/C19H17N3O3S/c1-25-16-10-6-5-9-14(16)20-18(24)12-26-19-21-15(11-17(23)22-19)13-7-3-2-4-8-13/h2-11H,12H2,1H3,(H,20,24)(H,21,22,23). The maximum absolute atomic E-state index is 12.2. The van der Waals surface area contributed by atoms with Crippen molar-refractivity contribution in [3.63, 3.8) is 0 Å². The molecule has 1 amide bonds. The minimum absolute atomic E-state index is 0.110. The highest BCUT2D eigenvalue weighted by Crippen LogP contribution is 2.24. The molecule has 0 fully saturated rings. The summed E-state index contributed by atoms with van der Waals surface area (Å²) in [5.41, 5.74) is 1.76. The number of nitrogens with zero attached hydrogens (tertiary/aromatic N) is 1. The summed E-state index contributed by atoms with van der Waals surface area (Å²) in [4.78, 5) is 31.1. The van der Waals surface area contributed by atoms with Gasteiger partial charge in [-0.25, -0.2) is 4.98 Å². The number of rotatable bonds is 6. The Hall–Kier alpha value is -3.06. The van der Waals surface area contributed by atoms with Crippen LogP contribution in [0.5, 0.6) is 5.75 Å². The van der Waals surface area contributed by atoms with Crippen LogP contribution in [0.3, 0.4) is 0 Å². The predicted molar refractivity (Wildman–Crippen MR) is 103 cm³/mol. The number of aromatic nitrogens is 2. The van der Waals surface area contributed by atoms with Crippen molar-refractivity contribution in [1.29, 1.82) is 0 Å². The molecule has 0 saturated carbocycles. The minimum atomic E-state index is -0.258. The molecular weight excluding hydrogens is 350 g/mol. The lowest BCUT2D eigenvalue weighted by atomic mass is 10.1. The summed E-state index contributed by atoms with van der Waals surface area (Å²) in [6, 6.07) is 18.0. The summed E-state index contributed by atoms with van der Waals surface area (Å²) in [5.74, 6) is 0.481. The Morgan fingerprint density at radius 3 is 2.65 bits per heavy atom. The van der Waals surface area contributed by atoms with E-state index in [9.17, 15) is 9.59 Å². The second kappa shape index (κ2) is 8.35. The lowest BCUT2D eigenvalue weighted by Crippen LogP contribution is -2.16. The molecule has 26 heavy (non-hydrogen) atoms. The molecule has 0 saturated heterocycles. The summed E-state index contributed by atoms with van der Waals surface area (Å²) < 4.78 is 5.21. The number of para-hydroxylation sites is 2.